The number of para-hydroxylation sites is 1. The molecular formula is C11H14ClNO. The van der Waals surface area contributed by atoms with Gasteiger partial charge in [0, 0.05) is 5.39 Å². The zero-order valence-electron chi connectivity index (χ0n) is 8.28. The van der Waals surface area contributed by atoms with Crippen molar-refractivity contribution in [3.05, 3.63) is 35.6 Å². The minimum Gasteiger partial charge on any atom is -0.459 e. The van der Waals surface area contributed by atoms with Crippen molar-refractivity contribution >= 4 is 23.4 Å². The van der Waals surface area contributed by atoms with Crippen molar-refractivity contribution in [1.29, 1.82) is 0 Å². The lowest BCUT2D eigenvalue weighted by molar-refractivity contribution is 0.509. The van der Waals surface area contributed by atoms with E-state index in [4.69, 9.17) is 10.2 Å². The van der Waals surface area contributed by atoms with Gasteiger partial charge in [-0.05, 0) is 25.5 Å². The molecule has 2 nitrogen and oxygen atoms in total. The molecule has 2 aromatic rings. The summed E-state index contributed by atoms with van der Waals surface area (Å²) in [4.78, 5) is 0. The topological polar surface area (TPSA) is 39.2 Å². The summed E-state index contributed by atoms with van der Waals surface area (Å²) in [6, 6.07) is 7.97. The molecule has 0 aliphatic heterocycles. The third kappa shape index (κ3) is 1.63. The average Bonchev–Trinajstić information content (AvgIpc) is 2.45. The van der Waals surface area contributed by atoms with Crippen molar-refractivity contribution in [1.82, 2.24) is 0 Å². The first-order valence-electron chi connectivity index (χ1n) is 4.43. The van der Waals surface area contributed by atoms with Crippen molar-refractivity contribution in [2.75, 3.05) is 0 Å². The highest BCUT2D eigenvalue weighted by Gasteiger charge is 2.12. The summed E-state index contributed by atoms with van der Waals surface area (Å²) >= 11 is 0. The van der Waals surface area contributed by atoms with Gasteiger partial charge in [-0.2, -0.15) is 0 Å². The molecule has 14 heavy (non-hydrogen) atoms. The Morgan fingerprint density at radius 2 is 1.93 bits per heavy atom. The molecule has 0 radical (unpaired) electrons. The number of rotatable bonds is 1. The van der Waals surface area contributed by atoms with Crippen LogP contribution in [0.4, 0.5) is 0 Å². The van der Waals surface area contributed by atoms with Crippen LogP contribution in [0.15, 0.2) is 28.7 Å². The van der Waals surface area contributed by atoms with Gasteiger partial charge in [-0.25, -0.2) is 0 Å². The largest absolute Gasteiger partial charge is 0.459 e. The Hall–Kier alpha value is -0.990. The van der Waals surface area contributed by atoms with E-state index in [0.717, 1.165) is 22.3 Å². The Morgan fingerprint density at radius 1 is 1.29 bits per heavy atom. The molecule has 0 spiro atoms. The number of halogens is 1. The summed E-state index contributed by atoms with van der Waals surface area (Å²) < 4.78 is 5.64. The zero-order valence-corrected chi connectivity index (χ0v) is 9.10. The number of benzene rings is 1. The molecule has 76 valence electrons. The molecule has 1 atom stereocenters. The van der Waals surface area contributed by atoms with Crippen LogP contribution >= 0.6 is 12.4 Å². The Balaban J connectivity index is 0.000000980. The normalized spacial score (nSPS) is 12.5. The fourth-order valence-corrected chi connectivity index (χ4v) is 1.63. The molecule has 2 N–H and O–H groups in total. The van der Waals surface area contributed by atoms with Crippen LogP contribution in [0.5, 0.6) is 0 Å². The van der Waals surface area contributed by atoms with Gasteiger partial charge in [-0.1, -0.05) is 18.2 Å². The summed E-state index contributed by atoms with van der Waals surface area (Å²) in [5.41, 5.74) is 7.87. The molecule has 0 bridgehead atoms. The molecular weight excluding hydrogens is 198 g/mol. The van der Waals surface area contributed by atoms with Crippen molar-refractivity contribution in [2.45, 2.75) is 19.9 Å². The SMILES string of the molecule is Cc1c(C(C)N)oc2ccccc12.Cl. The third-order valence-corrected chi connectivity index (χ3v) is 2.29. The number of fused-ring (bicyclic) bond motifs is 1. The minimum atomic E-state index is -0.0348. The van der Waals surface area contributed by atoms with Crippen LogP contribution in [0.1, 0.15) is 24.3 Å². The molecule has 1 aromatic carbocycles. The number of aryl methyl sites for hydroxylation is 1. The van der Waals surface area contributed by atoms with E-state index in [0.29, 0.717) is 0 Å². The van der Waals surface area contributed by atoms with Crippen LogP contribution in [0, 0.1) is 6.92 Å². The van der Waals surface area contributed by atoms with Gasteiger partial charge in [0.05, 0.1) is 6.04 Å². The van der Waals surface area contributed by atoms with Crippen LogP contribution < -0.4 is 5.73 Å². The van der Waals surface area contributed by atoms with Crippen LogP contribution in [0.25, 0.3) is 11.0 Å². The standard InChI is InChI=1S/C11H13NO.ClH/c1-7-9-5-3-4-6-10(9)13-11(7)8(2)12;/h3-6,8H,12H2,1-2H3;1H. The molecule has 0 amide bonds. The average molecular weight is 212 g/mol. The van der Waals surface area contributed by atoms with E-state index in [2.05, 4.69) is 6.07 Å². The molecule has 1 unspecified atom stereocenters. The lowest BCUT2D eigenvalue weighted by atomic mass is 10.1. The van der Waals surface area contributed by atoms with Crippen molar-refractivity contribution < 1.29 is 4.42 Å². The molecule has 2 rings (SSSR count). The van der Waals surface area contributed by atoms with Crippen LogP contribution in [-0.2, 0) is 0 Å². The van der Waals surface area contributed by atoms with E-state index in [-0.39, 0.29) is 18.4 Å². The van der Waals surface area contributed by atoms with Crippen molar-refractivity contribution in [3.8, 4) is 0 Å². The molecule has 0 fully saturated rings. The highest BCUT2D eigenvalue weighted by molar-refractivity contribution is 5.85. The zero-order chi connectivity index (χ0) is 9.42. The highest BCUT2D eigenvalue weighted by Crippen LogP contribution is 2.27. The van der Waals surface area contributed by atoms with Gasteiger partial charge in [-0.3, -0.25) is 0 Å². The van der Waals surface area contributed by atoms with Gasteiger partial charge in [0.1, 0.15) is 11.3 Å². The maximum absolute atomic E-state index is 5.78. The lowest BCUT2D eigenvalue weighted by Crippen LogP contribution is -2.04. The van der Waals surface area contributed by atoms with Gasteiger partial charge in [-0.15, -0.1) is 12.4 Å². The molecule has 0 saturated heterocycles. The first-order chi connectivity index (χ1) is 6.20. The quantitative estimate of drug-likeness (QED) is 0.787. The second-order valence-corrected chi connectivity index (χ2v) is 3.38. The van der Waals surface area contributed by atoms with Crippen LogP contribution in [0.2, 0.25) is 0 Å². The lowest BCUT2D eigenvalue weighted by Gasteiger charge is -2.00. The molecule has 1 aromatic heterocycles. The Kier molecular flexibility index (Phi) is 3.19. The fourth-order valence-electron chi connectivity index (χ4n) is 1.63. The number of nitrogens with two attached hydrogens (primary N) is 1. The number of furan rings is 1. The van der Waals surface area contributed by atoms with E-state index in [1.54, 1.807) is 0 Å². The third-order valence-electron chi connectivity index (χ3n) is 2.29. The Labute approximate surface area is 89.5 Å². The van der Waals surface area contributed by atoms with Gasteiger partial charge >= 0.3 is 0 Å². The second-order valence-electron chi connectivity index (χ2n) is 3.38. The molecule has 1 heterocycles. The van der Waals surface area contributed by atoms with E-state index >= 15 is 0 Å². The number of hydrogen-bond donors (Lipinski definition) is 1. The second kappa shape index (κ2) is 4.03. The smallest absolute Gasteiger partial charge is 0.134 e. The highest BCUT2D eigenvalue weighted by atomic mass is 35.5. The molecule has 3 heteroatoms. The maximum atomic E-state index is 5.78. The summed E-state index contributed by atoms with van der Waals surface area (Å²) in [7, 11) is 0. The predicted octanol–water partition coefficient (Wildman–Crippen LogP) is 3.18. The Bertz CT molecular complexity index is 434. The first kappa shape index (κ1) is 11.1. The summed E-state index contributed by atoms with van der Waals surface area (Å²) in [5.74, 6) is 0.890. The monoisotopic (exact) mass is 211 g/mol. The minimum absolute atomic E-state index is 0. The summed E-state index contributed by atoms with van der Waals surface area (Å²) in [6.07, 6.45) is 0. The van der Waals surface area contributed by atoms with E-state index < -0.39 is 0 Å². The fraction of sp³-hybridized carbons (Fsp3) is 0.273. The van der Waals surface area contributed by atoms with Crippen LogP contribution in [-0.4, -0.2) is 0 Å². The van der Waals surface area contributed by atoms with Gasteiger partial charge < -0.3 is 10.2 Å². The van der Waals surface area contributed by atoms with Crippen molar-refractivity contribution in [3.63, 3.8) is 0 Å². The van der Waals surface area contributed by atoms with Gasteiger partial charge in [0.2, 0.25) is 0 Å². The summed E-state index contributed by atoms with van der Waals surface area (Å²) in [5, 5.41) is 1.16. The van der Waals surface area contributed by atoms with Gasteiger partial charge in [0.25, 0.3) is 0 Å². The predicted molar refractivity (Wildman–Crippen MR) is 60.8 cm³/mol. The molecule has 0 saturated carbocycles. The van der Waals surface area contributed by atoms with E-state index in [1.807, 2.05) is 32.0 Å². The summed E-state index contributed by atoms with van der Waals surface area (Å²) in [6.45, 7) is 3.98. The van der Waals surface area contributed by atoms with E-state index in [1.165, 1.54) is 0 Å². The molecule has 0 aliphatic carbocycles. The molecule has 0 aliphatic rings. The van der Waals surface area contributed by atoms with Crippen LogP contribution in [0.3, 0.4) is 0 Å². The first-order valence-corrected chi connectivity index (χ1v) is 4.43. The Morgan fingerprint density at radius 3 is 2.50 bits per heavy atom. The van der Waals surface area contributed by atoms with Crippen molar-refractivity contribution in [2.24, 2.45) is 5.73 Å². The maximum Gasteiger partial charge on any atom is 0.134 e. The van der Waals surface area contributed by atoms with E-state index in [9.17, 15) is 0 Å². The van der Waals surface area contributed by atoms with Gasteiger partial charge in [0.15, 0.2) is 0 Å². The number of hydrogen-bond acceptors (Lipinski definition) is 2.